The molecule has 16 heavy (non-hydrogen) atoms. The van der Waals surface area contributed by atoms with Gasteiger partial charge in [-0.2, -0.15) is 0 Å². The van der Waals surface area contributed by atoms with Gasteiger partial charge in [-0.15, -0.1) is 0 Å². The Balaban J connectivity index is 2.50. The monoisotopic (exact) mass is 300 g/mol. The minimum absolute atomic E-state index is 0.355. The molecule has 96 valence electrons. The fraction of sp³-hybridized carbons (Fsp3) is 1.00. The average molecular weight is 301 g/mol. The van der Waals surface area contributed by atoms with Crippen molar-refractivity contribution in [3.63, 3.8) is 0 Å². The molecule has 5 atom stereocenters. The van der Waals surface area contributed by atoms with Gasteiger partial charge in [-0.3, -0.25) is 0 Å². The van der Waals surface area contributed by atoms with Crippen LogP contribution in [-0.2, 0) is 9.47 Å². The van der Waals surface area contributed by atoms with Crippen LogP contribution in [0.15, 0.2) is 0 Å². The van der Waals surface area contributed by atoms with Gasteiger partial charge in [-0.1, -0.05) is 15.9 Å². The van der Waals surface area contributed by atoms with E-state index in [1.54, 1.807) is 0 Å². The minimum Gasteiger partial charge on any atom is -0.394 e. The van der Waals surface area contributed by atoms with Gasteiger partial charge in [0, 0.05) is 5.33 Å². The molecule has 0 aliphatic carbocycles. The largest absolute Gasteiger partial charge is 0.394 e. The maximum atomic E-state index is 9.57. The van der Waals surface area contributed by atoms with Crippen LogP contribution in [-0.4, -0.2) is 69.7 Å². The van der Waals surface area contributed by atoms with Gasteiger partial charge in [0.2, 0.25) is 0 Å². The van der Waals surface area contributed by atoms with Crippen molar-refractivity contribution >= 4 is 15.9 Å². The summed E-state index contributed by atoms with van der Waals surface area (Å²) < 4.78 is 10.3. The maximum absolute atomic E-state index is 9.57. The summed E-state index contributed by atoms with van der Waals surface area (Å²) in [6.07, 6.45) is -5.22. The van der Waals surface area contributed by atoms with Crippen LogP contribution in [0, 0.1) is 0 Å². The van der Waals surface area contributed by atoms with Gasteiger partial charge in [0.25, 0.3) is 0 Å². The van der Waals surface area contributed by atoms with E-state index in [1.807, 2.05) is 0 Å². The van der Waals surface area contributed by atoms with Crippen LogP contribution in [0.3, 0.4) is 0 Å². The number of ether oxygens (including phenoxy) is 2. The Morgan fingerprint density at radius 1 is 1.12 bits per heavy atom. The number of alkyl halides is 1. The van der Waals surface area contributed by atoms with E-state index in [-0.39, 0.29) is 0 Å². The summed E-state index contributed by atoms with van der Waals surface area (Å²) in [4.78, 5) is 0. The lowest BCUT2D eigenvalue weighted by molar-refractivity contribution is -0.300. The second-order valence-corrected chi connectivity index (χ2v) is 4.40. The van der Waals surface area contributed by atoms with E-state index < -0.39 is 37.3 Å². The van der Waals surface area contributed by atoms with Crippen molar-refractivity contribution in [2.75, 3.05) is 18.5 Å². The third-order valence-corrected chi connectivity index (χ3v) is 2.97. The number of rotatable bonds is 5. The standard InChI is InChI=1S/C9H17BrO6/c10-2-1-3-15-9-8(14)7(13)6(12)5(4-11)16-9/h5-9,11-14H,1-4H2/t5-,6-,7+,8-,9?/m1/s1. The predicted molar refractivity (Wildman–Crippen MR) is 58.1 cm³/mol. The number of halogens is 1. The summed E-state index contributed by atoms with van der Waals surface area (Å²) in [5.41, 5.74) is 0. The predicted octanol–water partition coefficient (Wildman–Crippen LogP) is -1.41. The second-order valence-electron chi connectivity index (χ2n) is 3.61. The van der Waals surface area contributed by atoms with Crippen molar-refractivity contribution < 1.29 is 29.9 Å². The molecule has 0 aromatic carbocycles. The third kappa shape index (κ3) is 3.36. The Kier molecular flexibility index (Phi) is 6.12. The molecule has 1 fully saturated rings. The van der Waals surface area contributed by atoms with E-state index in [2.05, 4.69) is 15.9 Å². The van der Waals surface area contributed by atoms with E-state index in [1.165, 1.54) is 0 Å². The van der Waals surface area contributed by atoms with Crippen LogP contribution >= 0.6 is 15.9 Å². The van der Waals surface area contributed by atoms with Crippen molar-refractivity contribution in [2.45, 2.75) is 37.1 Å². The van der Waals surface area contributed by atoms with Crippen LogP contribution in [0.25, 0.3) is 0 Å². The molecule has 6 nitrogen and oxygen atoms in total. The molecule has 0 amide bonds. The highest BCUT2D eigenvalue weighted by molar-refractivity contribution is 9.09. The summed E-state index contributed by atoms with van der Waals surface area (Å²) in [6.45, 7) is -0.0861. The molecule has 0 aromatic heterocycles. The van der Waals surface area contributed by atoms with E-state index in [4.69, 9.17) is 14.6 Å². The molecular formula is C9H17BrO6. The lowest BCUT2D eigenvalue weighted by Gasteiger charge is -2.39. The molecule has 1 heterocycles. The maximum Gasteiger partial charge on any atom is 0.186 e. The molecule has 0 radical (unpaired) electrons. The summed E-state index contributed by atoms with van der Waals surface area (Å²) in [6, 6.07) is 0. The number of aliphatic hydroxyl groups excluding tert-OH is 4. The molecule has 1 aliphatic heterocycles. The van der Waals surface area contributed by atoms with E-state index in [0.717, 1.165) is 11.8 Å². The Labute approximate surface area is 102 Å². The van der Waals surface area contributed by atoms with Gasteiger partial charge in [0.05, 0.1) is 13.2 Å². The Hall–Kier alpha value is 0.240. The number of hydrogen-bond acceptors (Lipinski definition) is 6. The first-order chi connectivity index (χ1) is 7.61. The quantitative estimate of drug-likeness (QED) is 0.368. The third-order valence-electron chi connectivity index (χ3n) is 2.41. The second kappa shape index (κ2) is 6.85. The summed E-state index contributed by atoms with van der Waals surface area (Å²) in [7, 11) is 0. The highest BCUT2D eigenvalue weighted by Gasteiger charge is 2.43. The normalized spacial score (nSPS) is 39.9. The zero-order chi connectivity index (χ0) is 12.1. The highest BCUT2D eigenvalue weighted by atomic mass is 79.9. The molecule has 1 aliphatic rings. The molecular weight excluding hydrogens is 284 g/mol. The van der Waals surface area contributed by atoms with E-state index in [0.29, 0.717) is 6.61 Å². The molecule has 4 N–H and O–H groups in total. The molecule has 1 unspecified atom stereocenters. The molecule has 1 rings (SSSR count). The SMILES string of the molecule is OC[C@H]1OC(OCCCBr)[C@H](O)[C@@H](O)[C@@H]1O. The smallest absolute Gasteiger partial charge is 0.186 e. The van der Waals surface area contributed by atoms with Crippen molar-refractivity contribution in [1.82, 2.24) is 0 Å². The van der Waals surface area contributed by atoms with Gasteiger partial charge in [-0.25, -0.2) is 0 Å². The highest BCUT2D eigenvalue weighted by Crippen LogP contribution is 2.21. The molecule has 0 saturated carbocycles. The Bertz CT molecular complexity index is 202. The van der Waals surface area contributed by atoms with Gasteiger partial charge >= 0.3 is 0 Å². The summed E-state index contributed by atoms with van der Waals surface area (Å²) >= 11 is 3.22. The van der Waals surface area contributed by atoms with Gasteiger partial charge < -0.3 is 29.9 Å². The van der Waals surface area contributed by atoms with Crippen molar-refractivity contribution in [3.05, 3.63) is 0 Å². The zero-order valence-corrected chi connectivity index (χ0v) is 10.3. The van der Waals surface area contributed by atoms with Gasteiger partial charge in [-0.05, 0) is 6.42 Å². The van der Waals surface area contributed by atoms with Crippen LogP contribution in [0.4, 0.5) is 0 Å². The van der Waals surface area contributed by atoms with Gasteiger partial charge in [0.1, 0.15) is 24.4 Å². The first-order valence-corrected chi connectivity index (χ1v) is 6.22. The van der Waals surface area contributed by atoms with Crippen LogP contribution in [0.1, 0.15) is 6.42 Å². The summed E-state index contributed by atoms with van der Waals surface area (Å²) in [5.74, 6) is 0. The molecule has 0 bridgehead atoms. The fourth-order valence-corrected chi connectivity index (χ4v) is 1.69. The molecule has 1 saturated heterocycles. The van der Waals surface area contributed by atoms with E-state index in [9.17, 15) is 15.3 Å². The van der Waals surface area contributed by atoms with Crippen LogP contribution < -0.4 is 0 Å². The topological polar surface area (TPSA) is 99.4 Å². The fourth-order valence-electron chi connectivity index (χ4n) is 1.46. The van der Waals surface area contributed by atoms with Crippen LogP contribution in [0.5, 0.6) is 0 Å². The molecule has 0 aromatic rings. The summed E-state index contributed by atoms with van der Waals surface area (Å²) in [5, 5.41) is 38.2. The zero-order valence-electron chi connectivity index (χ0n) is 8.70. The molecule has 7 heteroatoms. The minimum atomic E-state index is -1.38. The first kappa shape index (κ1) is 14.3. The van der Waals surface area contributed by atoms with E-state index >= 15 is 0 Å². The molecule has 0 spiro atoms. The average Bonchev–Trinajstić information content (AvgIpc) is 2.29. The van der Waals surface area contributed by atoms with Gasteiger partial charge in [0.15, 0.2) is 6.29 Å². The lowest BCUT2D eigenvalue weighted by Crippen LogP contribution is -2.59. The first-order valence-electron chi connectivity index (χ1n) is 5.10. The number of aliphatic hydroxyl groups is 4. The van der Waals surface area contributed by atoms with Crippen molar-refractivity contribution in [1.29, 1.82) is 0 Å². The lowest BCUT2D eigenvalue weighted by atomic mass is 9.99. The number of hydrogen-bond donors (Lipinski definition) is 4. The Morgan fingerprint density at radius 2 is 1.81 bits per heavy atom. The van der Waals surface area contributed by atoms with Crippen molar-refractivity contribution in [3.8, 4) is 0 Å². The van der Waals surface area contributed by atoms with Crippen molar-refractivity contribution in [2.24, 2.45) is 0 Å². The van der Waals surface area contributed by atoms with Crippen LogP contribution in [0.2, 0.25) is 0 Å². The Morgan fingerprint density at radius 3 is 2.38 bits per heavy atom.